The molecule has 0 bridgehead atoms. The predicted octanol–water partition coefficient (Wildman–Crippen LogP) is 2.34. The average molecular weight is 336 g/mol. The van der Waals surface area contributed by atoms with Gasteiger partial charge < -0.3 is 4.90 Å². The lowest BCUT2D eigenvalue weighted by molar-refractivity contribution is 0.0792. The highest BCUT2D eigenvalue weighted by atomic mass is 32.2. The number of likely N-dealkylation sites (tertiary alicyclic amines) is 1. The monoisotopic (exact) mass is 336 g/mol. The summed E-state index contributed by atoms with van der Waals surface area (Å²) in [6.45, 7) is 4.84. The number of amides is 1. The molecule has 6 heteroatoms. The Morgan fingerprint density at radius 2 is 1.70 bits per heavy atom. The van der Waals surface area contributed by atoms with Crippen LogP contribution in [-0.4, -0.2) is 49.7 Å². The molecule has 3 rings (SSSR count). The highest BCUT2D eigenvalue weighted by molar-refractivity contribution is 7.89. The molecule has 1 aromatic rings. The lowest BCUT2D eigenvalue weighted by Gasteiger charge is -2.30. The van der Waals surface area contributed by atoms with E-state index in [0.717, 1.165) is 38.8 Å². The van der Waals surface area contributed by atoms with Crippen molar-refractivity contribution in [1.82, 2.24) is 9.21 Å². The van der Waals surface area contributed by atoms with Crippen molar-refractivity contribution in [3.63, 3.8) is 0 Å². The first kappa shape index (κ1) is 16.5. The largest absolute Gasteiger partial charge is 0.339 e. The van der Waals surface area contributed by atoms with E-state index in [4.69, 9.17) is 0 Å². The fourth-order valence-electron chi connectivity index (χ4n) is 3.39. The van der Waals surface area contributed by atoms with Crippen LogP contribution < -0.4 is 0 Å². The van der Waals surface area contributed by atoms with Gasteiger partial charge in [0.1, 0.15) is 0 Å². The van der Waals surface area contributed by atoms with Gasteiger partial charge in [-0.05, 0) is 55.9 Å². The molecular formula is C17H24N2O3S. The lowest BCUT2D eigenvalue weighted by atomic mass is 10.0. The second-order valence-corrected chi connectivity index (χ2v) is 8.57. The van der Waals surface area contributed by atoms with Crippen molar-refractivity contribution in [2.75, 3.05) is 26.2 Å². The van der Waals surface area contributed by atoms with Gasteiger partial charge in [-0.1, -0.05) is 6.92 Å². The molecule has 2 fully saturated rings. The third-order valence-electron chi connectivity index (χ3n) is 4.75. The minimum atomic E-state index is -3.45. The highest BCUT2D eigenvalue weighted by Crippen LogP contribution is 2.24. The maximum atomic E-state index is 12.7. The van der Waals surface area contributed by atoms with Crippen LogP contribution in [0.15, 0.2) is 29.2 Å². The molecule has 1 atom stereocenters. The molecule has 0 radical (unpaired) electrons. The molecule has 0 spiro atoms. The van der Waals surface area contributed by atoms with Gasteiger partial charge in [-0.3, -0.25) is 4.79 Å². The van der Waals surface area contributed by atoms with Gasteiger partial charge in [-0.25, -0.2) is 8.42 Å². The van der Waals surface area contributed by atoms with Crippen LogP contribution in [0.2, 0.25) is 0 Å². The van der Waals surface area contributed by atoms with Crippen LogP contribution >= 0.6 is 0 Å². The zero-order chi connectivity index (χ0) is 16.4. The van der Waals surface area contributed by atoms with Gasteiger partial charge >= 0.3 is 0 Å². The van der Waals surface area contributed by atoms with Gasteiger partial charge in [0, 0.05) is 31.7 Å². The van der Waals surface area contributed by atoms with E-state index in [2.05, 4.69) is 6.92 Å². The zero-order valence-corrected chi connectivity index (χ0v) is 14.4. The fourth-order valence-corrected chi connectivity index (χ4v) is 4.98. The number of sulfonamides is 1. The van der Waals surface area contributed by atoms with Crippen LogP contribution in [0.1, 0.15) is 43.0 Å². The second-order valence-electron chi connectivity index (χ2n) is 6.63. The third-order valence-corrected chi connectivity index (χ3v) is 6.63. The lowest BCUT2D eigenvalue weighted by Crippen LogP contribution is -2.39. The van der Waals surface area contributed by atoms with Crippen molar-refractivity contribution in [2.24, 2.45) is 5.92 Å². The summed E-state index contributed by atoms with van der Waals surface area (Å²) in [5.41, 5.74) is 0.567. The molecule has 23 heavy (non-hydrogen) atoms. The van der Waals surface area contributed by atoms with E-state index < -0.39 is 10.0 Å². The van der Waals surface area contributed by atoms with Crippen LogP contribution in [0, 0.1) is 5.92 Å². The molecule has 0 saturated carbocycles. The number of piperidine rings is 1. The smallest absolute Gasteiger partial charge is 0.253 e. The minimum absolute atomic E-state index is 0.00181. The first-order valence-electron chi connectivity index (χ1n) is 8.38. The molecule has 2 aliphatic heterocycles. The fraction of sp³-hybridized carbons (Fsp3) is 0.588. The number of nitrogens with zero attached hydrogens (tertiary/aromatic N) is 2. The van der Waals surface area contributed by atoms with Crippen molar-refractivity contribution in [1.29, 1.82) is 0 Å². The van der Waals surface area contributed by atoms with Crippen LogP contribution in [0.4, 0.5) is 0 Å². The standard InChI is InChI=1S/C17H24N2O3S/c1-14-5-4-12-19(13-14)23(21,22)16-8-6-15(7-9-16)17(20)18-10-2-3-11-18/h6-9,14H,2-5,10-13H2,1H3/t14-/m0/s1. The molecule has 5 nitrogen and oxygen atoms in total. The molecule has 0 aliphatic carbocycles. The molecule has 0 aromatic heterocycles. The number of hydrogen-bond donors (Lipinski definition) is 0. The average Bonchev–Trinajstić information content (AvgIpc) is 3.09. The van der Waals surface area contributed by atoms with E-state index in [1.54, 1.807) is 28.6 Å². The van der Waals surface area contributed by atoms with Crippen molar-refractivity contribution in [3.8, 4) is 0 Å². The number of rotatable bonds is 3. The van der Waals surface area contributed by atoms with E-state index in [1.165, 1.54) is 0 Å². The normalized spacial score (nSPS) is 23.2. The van der Waals surface area contributed by atoms with E-state index in [-0.39, 0.29) is 10.8 Å². The molecule has 1 amide bonds. The van der Waals surface area contributed by atoms with Crippen molar-refractivity contribution >= 4 is 15.9 Å². The number of hydrogen-bond acceptors (Lipinski definition) is 3. The van der Waals surface area contributed by atoms with Gasteiger partial charge in [-0.2, -0.15) is 4.31 Å². The van der Waals surface area contributed by atoms with E-state index in [1.807, 2.05) is 4.90 Å². The van der Waals surface area contributed by atoms with Crippen molar-refractivity contribution in [3.05, 3.63) is 29.8 Å². The topological polar surface area (TPSA) is 57.7 Å². The molecular weight excluding hydrogens is 312 g/mol. The van der Waals surface area contributed by atoms with Gasteiger partial charge in [0.15, 0.2) is 0 Å². The Bertz CT molecular complexity index is 664. The van der Waals surface area contributed by atoms with E-state index in [0.29, 0.717) is 24.6 Å². The predicted molar refractivity (Wildman–Crippen MR) is 88.7 cm³/mol. The Kier molecular flexibility index (Phi) is 4.73. The summed E-state index contributed by atoms with van der Waals surface area (Å²) in [5.74, 6) is 0.396. The zero-order valence-electron chi connectivity index (χ0n) is 13.6. The first-order valence-corrected chi connectivity index (χ1v) is 9.82. The van der Waals surface area contributed by atoms with Gasteiger partial charge in [-0.15, -0.1) is 0 Å². The summed E-state index contributed by atoms with van der Waals surface area (Å²) in [5, 5.41) is 0. The summed E-state index contributed by atoms with van der Waals surface area (Å²) in [6, 6.07) is 6.41. The van der Waals surface area contributed by atoms with E-state index in [9.17, 15) is 13.2 Å². The van der Waals surface area contributed by atoms with Crippen LogP contribution in [-0.2, 0) is 10.0 Å². The molecule has 1 aromatic carbocycles. The quantitative estimate of drug-likeness (QED) is 0.851. The Labute approximate surface area is 138 Å². The van der Waals surface area contributed by atoms with Crippen molar-refractivity contribution < 1.29 is 13.2 Å². The van der Waals surface area contributed by atoms with Gasteiger partial charge in [0.2, 0.25) is 10.0 Å². The molecule has 2 saturated heterocycles. The summed E-state index contributed by atoms with van der Waals surface area (Å²) >= 11 is 0. The maximum Gasteiger partial charge on any atom is 0.253 e. The maximum absolute atomic E-state index is 12.7. The van der Waals surface area contributed by atoms with Crippen LogP contribution in [0.25, 0.3) is 0 Å². The Hall–Kier alpha value is -1.40. The number of carbonyl (C=O) groups is 1. The molecule has 0 N–H and O–H groups in total. The van der Waals surface area contributed by atoms with Crippen LogP contribution in [0.5, 0.6) is 0 Å². The summed E-state index contributed by atoms with van der Waals surface area (Å²) in [4.78, 5) is 14.4. The minimum Gasteiger partial charge on any atom is -0.339 e. The molecule has 0 unspecified atom stereocenters. The molecule has 126 valence electrons. The summed E-state index contributed by atoms with van der Waals surface area (Å²) < 4.78 is 27.0. The Balaban J connectivity index is 1.77. The third kappa shape index (κ3) is 3.43. The van der Waals surface area contributed by atoms with Crippen LogP contribution in [0.3, 0.4) is 0 Å². The van der Waals surface area contributed by atoms with Crippen molar-refractivity contribution in [2.45, 2.75) is 37.5 Å². The molecule has 2 aliphatic rings. The SMILES string of the molecule is C[C@H]1CCCN(S(=O)(=O)c2ccc(C(=O)N3CCCC3)cc2)C1. The van der Waals surface area contributed by atoms with E-state index >= 15 is 0 Å². The number of benzene rings is 1. The highest BCUT2D eigenvalue weighted by Gasteiger charge is 2.29. The number of carbonyl (C=O) groups excluding carboxylic acids is 1. The first-order chi connectivity index (χ1) is 11.0. The Morgan fingerprint density at radius 3 is 2.30 bits per heavy atom. The molecule has 2 heterocycles. The second kappa shape index (κ2) is 6.61. The van der Waals surface area contributed by atoms with Gasteiger partial charge in [0.25, 0.3) is 5.91 Å². The summed E-state index contributed by atoms with van der Waals surface area (Å²) in [7, 11) is -3.45. The Morgan fingerprint density at radius 1 is 1.04 bits per heavy atom. The van der Waals surface area contributed by atoms with Gasteiger partial charge in [0.05, 0.1) is 4.90 Å². The summed E-state index contributed by atoms with van der Waals surface area (Å²) in [6.07, 6.45) is 4.08.